The largest absolute Gasteiger partial charge is 0.492 e. The molecule has 4 aromatic rings. The Morgan fingerprint density at radius 2 is 2.10 bits per heavy atom. The van der Waals surface area contributed by atoms with E-state index in [2.05, 4.69) is 10.3 Å². The first kappa shape index (κ1) is 19.8. The fourth-order valence-electron chi connectivity index (χ4n) is 3.64. The van der Waals surface area contributed by atoms with Crippen LogP contribution in [0.4, 0.5) is 5.13 Å². The van der Waals surface area contributed by atoms with E-state index < -0.39 is 0 Å². The fraction of sp³-hybridized carbons (Fsp3) is 0.174. The Labute approximate surface area is 188 Å². The molecule has 0 radical (unpaired) electrons. The molecule has 0 saturated heterocycles. The number of benzene rings is 2. The summed E-state index contributed by atoms with van der Waals surface area (Å²) in [6, 6.07) is 15.4. The summed E-state index contributed by atoms with van der Waals surface area (Å²) < 4.78 is 7.72. The van der Waals surface area contributed by atoms with E-state index in [-0.39, 0.29) is 11.8 Å². The number of aryl methyl sites for hydroxylation is 1. The maximum Gasteiger partial charge on any atom is 0.233 e. The van der Waals surface area contributed by atoms with Crippen molar-refractivity contribution >= 4 is 34.0 Å². The second-order valence-electron chi connectivity index (χ2n) is 7.38. The lowest BCUT2D eigenvalue weighted by Crippen LogP contribution is -2.32. The molecule has 156 valence electrons. The van der Waals surface area contributed by atoms with Gasteiger partial charge in [-0.1, -0.05) is 53.3 Å². The van der Waals surface area contributed by atoms with Crippen molar-refractivity contribution in [2.45, 2.75) is 6.42 Å². The van der Waals surface area contributed by atoms with Gasteiger partial charge in [-0.25, -0.2) is 9.97 Å². The van der Waals surface area contributed by atoms with Crippen LogP contribution in [0.2, 0.25) is 5.02 Å². The average molecular weight is 451 g/mol. The van der Waals surface area contributed by atoms with Gasteiger partial charge in [-0.15, -0.1) is 0 Å². The van der Waals surface area contributed by atoms with E-state index >= 15 is 0 Å². The third-order valence-electron chi connectivity index (χ3n) is 5.23. The highest BCUT2D eigenvalue weighted by Gasteiger charge is 2.28. The van der Waals surface area contributed by atoms with E-state index in [0.717, 1.165) is 33.3 Å². The summed E-state index contributed by atoms with van der Waals surface area (Å²) in [5.74, 6) is 1.16. The van der Waals surface area contributed by atoms with Gasteiger partial charge in [-0.2, -0.15) is 0 Å². The molecule has 5 rings (SSSR count). The van der Waals surface area contributed by atoms with E-state index in [1.54, 1.807) is 12.3 Å². The highest BCUT2D eigenvalue weighted by Crippen LogP contribution is 2.38. The average Bonchev–Trinajstić information content (AvgIpc) is 3.39. The van der Waals surface area contributed by atoms with E-state index in [9.17, 15) is 4.79 Å². The first-order valence-electron chi connectivity index (χ1n) is 9.84. The maximum absolute atomic E-state index is 13.0. The van der Waals surface area contributed by atoms with Crippen molar-refractivity contribution in [1.82, 2.24) is 14.5 Å². The number of thiazole rings is 1. The second-order valence-corrected chi connectivity index (χ2v) is 8.81. The van der Waals surface area contributed by atoms with Crippen LogP contribution in [0.25, 0.3) is 22.0 Å². The van der Waals surface area contributed by atoms with Gasteiger partial charge >= 0.3 is 0 Å². The molecule has 1 aliphatic heterocycles. The Morgan fingerprint density at radius 1 is 1.26 bits per heavy atom. The molecule has 2 aromatic heterocycles. The van der Waals surface area contributed by atoms with Gasteiger partial charge in [0.1, 0.15) is 12.4 Å². The Morgan fingerprint density at radius 3 is 2.87 bits per heavy atom. The van der Waals surface area contributed by atoms with Crippen LogP contribution in [0.15, 0.2) is 60.9 Å². The molecule has 0 spiro atoms. The summed E-state index contributed by atoms with van der Waals surface area (Å²) in [5, 5.41) is 4.16. The third-order valence-corrected chi connectivity index (χ3v) is 6.43. The van der Waals surface area contributed by atoms with E-state index in [1.807, 2.05) is 60.3 Å². The van der Waals surface area contributed by atoms with Crippen molar-refractivity contribution in [1.29, 1.82) is 0 Å². The quantitative estimate of drug-likeness (QED) is 0.472. The summed E-state index contributed by atoms with van der Waals surface area (Å²) in [6.07, 6.45) is 4.22. The minimum Gasteiger partial charge on any atom is -0.492 e. The number of carbonyl (C=O) groups is 1. The van der Waals surface area contributed by atoms with Gasteiger partial charge < -0.3 is 14.6 Å². The fourth-order valence-corrected chi connectivity index (χ4v) is 4.86. The zero-order valence-electron chi connectivity index (χ0n) is 16.7. The summed E-state index contributed by atoms with van der Waals surface area (Å²) in [6.45, 7) is 0.323. The smallest absolute Gasteiger partial charge is 0.233 e. The molecule has 0 fully saturated rings. The van der Waals surface area contributed by atoms with Crippen molar-refractivity contribution in [2.75, 3.05) is 11.9 Å². The topological polar surface area (TPSA) is 69.0 Å². The number of halogens is 1. The minimum atomic E-state index is -0.313. The highest BCUT2D eigenvalue weighted by molar-refractivity contribution is 7.19. The molecule has 0 bridgehead atoms. The summed E-state index contributed by atoms with van der Waals surface area (Å²) in [4.78, 5) is 23.1. The zero-order chi connectivity index (χ0) is 21.4. The second kappa shape index (κ2) is 8.17. The first-order valence-corrected chi connectivity index (χ1v) is 11.0. The third kappa shape index (κ3) is 3.94. The standard InChI is InChI=1S/C23H19ClN4O2S/c1-28-10-9-25-21(28)20-19(14-5-3-2-4-6-14)26-23(31-20)27-22(29)16-11-15-12-17(24)7-8-18(15)30-13-16/h2-10,12,16H,11,13H2,1H3,(H,26,27,29). The SMILES string of the molecule is Cn1ccnc1-c1sc(NC(=O)C2COc3ccc(Cl)cc3C2)nc1-c1ccccc1. The van der Waals surface area contributed by atoms with Crippen LogP contribution < -0.4 is 10.1 Å². The Bertz CT molecular complexity index is 1250. The van der Waals surface area contributed by atoms with Crippen molar-refractivity contribution in [2.24, 2.45) is 13.0 Å². The number of nitrogens with zero attached hydrogens (tertiary/aromatic N) is 3. The number of nitrogens with one attached hydrogen (secondary N) is 1. The number of amides is 1. The number of aromatic nitrogens is 3. The number of ether oxygens (including phenoxy) is 1. The molecular formula is C23H19ClN4O2S. The molecule has 2 aromatic carbocycles. The Balaban J connectivity index is 1.43. The monoisotopic (exact) mass is 450 g/mol. The molecule has 6 nitrogen and oxygen atoms in total. The number of imidazole rings is 1. The first-order chi connectivity index (χ1) is 15.1. The molecule has 1 N–H and O–H groups in total. The number of carbonyl (C=O) groups excluding carboxylic acids is 1. The molecule has 3 heterocycles. The predicted octanol–water partition coefficient (Wildman–Crippen LogP) is 5.05. The summed E-state index contributed by atoms with van der Waals surface area (Å²) >= 11 is 7.52. The maximum atomic E-state index is 13.0. The number of anilines is 1. The van der Waals surface area contributed by atoms with E-state index in [1.165, 1.54) is 11.3 Å². The number of fused-ring (bicyclic) bond motifs is 1. The molecule has 8 heteroatoms. The Hall–Kier alpha value is -3.16. The van der Waals surface area contributed by atoms with E-state index in [0.29, 0.717) is 23.2 Å². The lowest BCUT2D eigenvalue weighted by atomic mass is 9.96. The van der Waals surface area contributed by atoms with Crippen LogP contribution in [-0.2, 0) is 18.3 Å². The summed E-state index contributed by atoms with van der Waals surface area (Å²) in [7, 11) is 1.94. The molecule has 31 heavy (non-hydrogen) atoms. The molecule has 1 atom stereocenters. The Kier molecular flexibility index (Phi) is 5.21. The summed E-state index contributed by atoms with van der Waals surface area (Å²) in [5.41, 5.74) is 2.71. The van der Waals surface area contributed by atoms with Gasteiger partial charge in [0, 0.05) is 30.0 Å². The lowest BCUT2D eigenvalue weighted by molar-refractivity contribution is -0.121. The van der Waals surface area contributed by atoms with Crippen LogP contribution in [0.5, 0.6) is 5.75 Å². The highest BCUT2D eigenvalue weighted by atomic mass is 35.5. The van der Waals surface area contributed by atoms with E-state index in [4.69, 9.17) is 21.3 Å². The molecule has 1 aliphatic rings. The molecule has 0 aliphatic carbocycles. The van der Waals surface area contributed by atoms with Crippen molar-refractivity contribution in [3.63, 3.8) is 0 Å². The molecule has 1 unspecified atom stereocenters. The minimum absolute atomic E-state index is 0.120. The van der Waals surface area contributed by atoms with Gasteiger partial charge in [0.05, 0.1) is 16.5 Å². The van der Waals surface area contributed by atoms with Crippen molar-refractivity contribution in [3.05, 3.63) is 71.5 Å². The van der Waals surface area contributed by atoms with Crippen LogP contribution in [0, 0.1) is 5.92 Å². The van der Waals surface area contributed by atoms with Crippen LogP contribution in [-0.4, -0.2) is 27.0 Å². The van der Waals surface area contributed by atoms with Crippen LogP contribution in [0.3, 0.4) is 0 Å². The number of hydrogen-bond donors (Lipinski definition) is 1. The molecule has 0 saturated carbocycles. The predicted molar refractivity (Wildman–Crippen MR) is 123 cm³/mol. The number of hydrogen-bond acceptors (Lipinski definition) is 5. The van der Waals surface area contributed by atoms with Gasteiger partial charge in [0.15, 0.2) is 11.0 Å². The van der Waals surface area contributed by atoms with Crippen LogP contribution >= 0.6 is 22.9 Å². The lowest BCUT2D eigenvalue weighted by Gasteiger charge is -2.24. The van der Waals surface area contributed by atoms with Crippen molar-refractivity contribution < 1.29 is 9.53 Å². The molecular weight excluding hydrogens is 432 g/mol. The van der Waals surface area contributed by atoms with Crippen molar-refractivity contribution in [3.8, 4) is 27.7 Å². The van der Waals surface area contributed by atoms with Gasteiger partial charge in [-0.3, -0.25) is 4.79 Å². The molecule has 1 amide bonds. The zero-order valence-corrected chi connectivity index (χ0v) is 18.3. The van der Waals surface area contributed by atoms with Gasteiger partial charge in [0.25, 0.3) is 0 Å². The van der Waals surface area contributed by atoms with Gasteiger partial charge in [0.2, 0.25) is 5.91 Å². The van der Waals surface area contributed by atoms with Crippen LogP contribution in [0.1, 0.15) is 5.56 Å². The number of rotatable bonds is 4. The normalized spacial score (nSPS) is 15.2. The van der Waals surface area contributed by atoms with Gasteiger partial charge in [-0.05, 0) is 30.2 Å².